The molecule has 3 heteroatoms. The van der Waals surface area contributed by atoms with Gasteiger partial charge in [-0.3, -0.25) is 0 Å². The van der Waals surface area contributed by atoms with Crippen molar-refractivity contribution in [3.05, 3.63) is 42.5 Å². The lowest BCUT2D eigenvalue weighted by atomic mass is 10.1. The smallest absolute Gasteiger partial charge is 0.344 e. The van der Waals surface area contributed by atoms with E-state index in [9.17, 15) is 4.79 Å². The number of hydrogen-bond donors (Lipinski definition) is 1. The maximum atomic E-state index is 11.1. The summed E-state index contributed by atoms with van der Waals surface area (Å²) in [5.41, 5.74) is 0. The third-order valence-corrected chi connectivity index (χ3v) is 2.85. The quantitative estimate of drug-likeness (QED) is 0.876. The summed E-state index contributed by atoms with van der Waals surface area (Å²) >= 11 is 0. The standard InChI is InChI=1S/C15H16O3/c1-2-6-14(15(16)17)18-13-10-5-8-11-7-3-4-9-12(11)13/h3-5,7-10,14H,2,6H2,1H3,(H,16,17)/t14-/m0/s1. The average molecular weight is 244 g/mol. The molecule has 0 aliphatic rings. The Labute approximate surface area is 106 Å². The summed E-state index contributed by atoms with van der Waals surface area (Å²) in [6, 6.07) is 13.5. The van der Waals surface area contributed by atoms with Crippen molar-refractivity contribution in [1.82, 2.24) is 0 Å². The molecule has 2 aromatic rings. The minimum atomic E-state index is -0.912. The summed E-state index contributed by atoms with van der Waals surface area (Å²) in [5, 5.41) is 11.1. The third-order valence-electron chi connectivity index (χ3n) is 2.85. The average Bonchev–Trinajstić information content (AvgIpc) is 2.38. The lowest BCUT2D eigenvalue weighted by Crippen LogP contribution is -2.26. The Morgan fingerprint density at radius 1 is 1.22 bits per heavy atom. The maximum Gasteiger partial charge on any atom is 0.344 e. The van der Waals surface area contributed by atoms with Crippen LogP contribution in [0.1, 0.15) is 19.8 Å². The zero-order chi connectivity index (χ0) is 13.0. The molecule has 2 aromatic carbocycles. The van der Waals surface area contributed by atoms with Gasteiger partial charge in [0.15, 0.2) is 6.10 Å². The highest BCUT2D eigenvalue weighted by Crippen LogP contribution is 2.26. The molecule has 0 spiro atoms. The van der Waals surface area contributed by atoms with E-state index in [0.29, 0.717) is 12.2 Å². The molecular weight excluding hydrogens is 228 g/mol. The highest BCUT2D eigenvalue weighted by Gasteiger charge is 2.18. The Morgan fingerprint density at radius 3 is 2.67 bits per heavy atom. The van der Waals surface area contributed by atoms with Crippen LogP contribution in [0.25, 0.3) is 10.8 Å². The van der Waals surface area contributed by atoms with Gasteiger partial charge in [0.25, 0.3) is 0 Å². The van der Waals surface area contributed by atoms with Crippen molar-refractivity contribution in [3.63, 3.8) is 0 Å². The summed E-state index contributed by atoms with van der Waals surface area (Å²) in [6.07, 6.45) is 0.515. The molecule has 0 saturated carbocycles. The van der Waals surface area contributed by atoms with Gasteiger partial charge in [-0.1, -0.05) is 49.7 Å². The van der Waals surface area contributed by atoms with Crippen LogP contribution in [0.2, 0.25) is 0 Å². The summed E-state index contributed by atoms with van der Waals surface area (Å²) < 4.78 is 5.63. The molecule has 3 nitrogen and oxygen atoms in total. The molecule has 18 heavy (non-hydrogen) atoms. The van der Waals surface area contributed by atoms with E-state index < -0.39 is 12.1 Å². The molecule has 0 amide bonds. The summed E-state index contributed by atoms with van der Waals surface area (Å²) in [6.45, 7) is 1.95. The summed E-state index contributed by atoms with van der Waals surface area (Å²) in [5.74, 6) is -0.279. The monoisotopic (exact) mass is 244 g/mol. The SMILES string of the molecule is CCC[C@H](Oc1cccc2ccccc12)C(=O)O. The first kappa shape index (κ1) is 12.4. The Balaban J connectivity index is 2.33. The number of carboxylic acids is 1. The second-order valence-electron chi connectivity index (χ2n) is 4.21. The van der Waals surface area contributed by atoms with Gasteiger partial charge in [0.05, 0.1) is 0 Å². The first-order valence-corrected chi connectivity index (χ1v) is 6.09. The van der Waals surface area contributed by atoms with Crippen LogP contribution in [-0.4, -0.2) is 17.2 Å². The molecule has 0 heterocycles. The largest absolute Gasteiger partial charge is 0.479 e. The molecule has 0 unspecified atom stereocenters. The van der Waals surface area contributed by atoms with Crippen molar-refractivity contribution in [2.45, 2.75) is 25.9 Å². The minimum absolute atomic E-state index is 0.512. The molecule has 0 saturated heterocycles. The van der Waals surface area contributed by atoms with E-state index >= 15 is 0 Å². The van der Waals surface area contributed by atoms with Crippen LogP contribution in [-0.2, 0) is 4.79 Å². The molecule has 0 radical (unpaired) electrons. The fraction of sp³-hybridized carbons (Fsp3) is 0.267. The van der Waals surface area contributed by atoms with Gasteiger partial charge in [-0.25, -0.2) is 4.79 Å². The van der Waals surface area contributed by atoms with Gasteiger partial charge in [0.2, 0.25) is 0 Å². The van der Waals surface area contributed by atoms with E-state index in [1.807, 2.05) is 49.4 Å². The Bertz CT molecular complexity index is 543. The third kappa shape index (κ3) is 2.62. The Hall–Kier alpha value is -2.03. The molecule has 0 aromatic heterocycles. The molecule has 1 atom stereocenters. The number of hydrogen-bond acceptors (Lipinski definition) is 2. The normalized spacial score (nSPS) is 12.3. The molecule has 1 N–H and O–H groups in total. The van der Waals surface area contributed by atoms with Crippen molar-refractivity contribution < 1.29 is 14.6 Å². The van der Waals surface area contributed by atoms with Gasteiger partial charge in [-0.2, -0.15) is 0 Å². The number of rotatable bonds is 5. The molecule has 0 fully saturated rings. The first-order chi connectivity index (χ1) is 8.72. The van der Waals surface area contributed by atoms with Crippen molar-refractivity contribution in [1.29, 1.82) is 0 Å². The maximum absolute atomic E-state index is 11.1. The zero-order valence-electron chi connectivity index (χ0n) is 10.3. The second-order valence-corrected chi connectivity index (χ2v) is 4.21. The Morgan fingerprint density at radius 2 is 1.94 bits per heavy atom. The van der Waals surface area contributed by atoms with E-state index in [2.05, 4.69) is 0 Å². The fourth-order valence-electron chi connectivity index (χ4n) is 1.95. The van der Waals surface area contributed by atoms with Crippen LogP contribution >= 0.6 is 0 Å². The van der Waals surface area contributed by atoms with Gasteiger partial charge in [0.1, 0.15) is 5.75 Å². The number of aliphatic carboxylic acids is 1. The van der Waals surface area contributed by atoms with Crippen LogP contribution in [0.5, 0.6) is 5.75 Å². The molecular formula is C15H16O3. The predicted molar refractivity (Wildman–Crippen MR) is 70.9 cm³/mol. The lowest BCUT2D eigenvalue weighted by Gasteiger charge is -2.15. The molecule has 94 valence electrons. The summed E-state index contributed by atoms with van der Waals surface area (Å²) in [7, 11) is 0. The van der Waals surface area contributed by atoms with Crippen LogP contribution in [0.3, 0.4) is 0 Å². The van der Waals surface area contributed by atoms with Crippen LogP contribution in [0.15, 0.2) is 42.5 Å². The molecule has 0 bridgehead atoms. The second kappa shape index (κ2) is 5.54. The topological polar surface area (TPSA) is 46.5 Å². The zero-order valence-corrected chi connectivity index (χ0v) is 10.3. The van der Waals surface area contributed by atoms with Crippen LogP contribution in [0.4, 0.5) is 0 Å². The van der Waals surface area contributed by atoms with E-state index in [1.54, 1.807) is 0 Å². The number of carbonyl (C=O) groups is 1. The first-order valence-electron chi connectivity index (χ1n) is 6.09. The van der Waals surface area contributed by atoms with E-state index in [4.69, 9.17) is 9.84 Å². The van der Waals surface area contributed by atoms with E-state index in [1.165, 1.54) is 0 Å². The van der Waals surface area contributed by atoms with Crippen LogP contribution in [0, 0.1) is 0 Å². The van der Waals surface area contributed by atoms with Crippen molar-refractivity contribution >= 4 is 16.7 Å². The minimum Gasteiger partial charge on any atom is -0.479 e. The highest BCUT2D eigenvalue weighted by molar-refractivity contribution is 5.88. The number of ether oxygens (including phenoxy) is 1. The summed E-state index contributed by atoms with van der Waals surface area (Å²) in [4.78, 5) is 11.1. The van der Waals surface area contributed by atoms with Gasteiger partial charge >= 0.3 is 5.97 Å². The number of benzene rings is 2. The fourth-order valence-corrected chi connectivity index (χ4v) is 1.95. The highest BCUT2D eigenvalue weighted by atomic mass is 16.5. The number of fused-ring (bicyclic) bond motifs is 1. The van der Waals surface area contributed by atoms with Crippen molar-refractivity contribution in [2.24, 2.45) is 0 Å². The van der Waals surface area contributed by atoms with Crippen molar-refractivity contribution in [2.75, 3.05) is 0 Å². The van der Waals surface area contributed by atoms with E-state index in [-0.39, 0.29) is 0 Å². The molecule has 0 aliphatic carbocycles. The Kier molecular flexibility index (Phi) is 3.82. The molecule has 0 aliphatic heterocycles. The van der Waals surface area contributed by atoms with Gasteiger partial charge in [-0.05, 0) is 17.9 Å². The predicted octanol–water partition coefficient (Wildman–Crippen LogP) is 3.47. The van der Waals surface area contributed by atoms with E-state index in [0.717, 1.165) is 17.2 Å². The number of carboxylic acid groups (broad SMARTS) is 1. The lowest BCUT2D eigenvalue weighted by molar-refractivity contribution is -0.145. The van der Waals surface area contributed by atoms with Crippen LogP contribution < -0.4 is 4.74 Å². The van der Waals surface area contributed by atoms with Gasteiger partial charge in [-0.15, -0.1) is 0 Å². The van der Waals surface area contributed by atoms with Gasteiger partial charge in [0, 0.05) is 5.39 Å². The molecule has 2 rings (SSSR count). The van der Waals surface area contributed by atoms with Gasteiger partial charge < -0.3 is 9.84 Å². The van der Waals surface area contributed by atoms with Crippen molar-refractivity contribution in [3.8, 4) is 5.75 Å².